The van der Waals surface area contributed by atoms with Crippen LogP contribution in [0.1, 0.15) is 30.1 Å². The standard InChI is InChI=1S/C20H22ClN3OS/c1-14-10-12-24(13-11-14)18-9-5-4-8-17(18)22-20(26)23-19(25)15-6-2-3-7-16(15)21/h2-9,14H,10-13H2,1H3,(H2,22,23,25,26). The van der Waals surface area contributed by atoms with Gasteiger partial charge in [0.15, 0.2) is 5.11 Å². The zero-order valence-corrected chi connectivity index (χ0v) is 16.2. The Morgan fingerprint density at radius 3 is 2.50 bits per heavy atom. The van der Waals surface area contributed by atoms with Crippen molar-refractivity contribution in [3.8, 4) is 0 Å². The number of rotatable bonds is 3. The molecule has 136 valence electrons. The Kier molecular flexibility index (Phi) is 6.12. The van der Waals surface area contributed by atoms with Gasteiger partial charge < -0.3 is 10.2 Å². The van der Waals surface area contributed by atoms with Gasteiger partial charge in [0.25, 0.3) is 5.91 Å². The molecular formula is C20H22ClN3OS. The molecule has 1 aliphatic rings. The fraction of sp³-hybridized carbons (Fsp3) is 0.300. The van der Waals surface area contributed by atoms with Crippen LogP contribution in [0, 0.1) is 5.92 Å². The minimum atomic E-state index is -0.322. The van der Waals surface area contributed by atoms with Crippen LogP contribution in [0.25, 0.3) is 0 Å². The number of carbonyl (C=O) groups excluding carboxylic acids is 1. The fourth-order valence-corrected chi connectivity index (χ4v) is 3.50. The molecule has 0 bridgehead atoms. The monoisotopic (exact) mass is 387 g/mol. The maximum absolute atomic E-state index is 12.4. The van der Waals surface area contributed by atoms with Crippen molar-refractivity contribution < 1.29 is 4.79 Å². The zero-order valence-electron chi connectivity index (χ0n) is 14.7. The van der Waals surface area contributed by atoms with E-state index in [2.05, 4.69) is 28.5 Å². The lowest BCUT2D eigenvalue weighted by molar-refractivity contribution is 0.0978. The van der Waals surface area contributed by atoms with Crippen molar-refractivity contribution in [2.45, 2.75) is 19.8 Å². The first-order valence-electron chi connectivity index (χ1n) is 8.75. The molecule has 4 nitrogen and oxygen atoms in total. The molecule has 0 spiro atoms. The van der Waals surface area contributed by atoms with Crippen molar-refractivity contribution in [1.29, 1.82) is 0 Å². The number of piperidine rings is 1. The number of para-hydroxylation sites is 2. The van der Waals surface area contributed by atoms with Gasteiger partial charge in [0.2, 0.25) is 0 Å². The molecule has 2 N–H and O–H groups in total. The Hall–Kier alpha value is -2.11. The molecule has 0 atom stereocenters. The number of anilines is 2. The Morgan fingerprint density at radius 1 is 1.12 bits per heavy atom. The number of thiocarbonyl (C=S) groups is 1. The second-order valence-electron chi connectivity index (χ2n) is 6.57. The highest BCUT2D eigenvalue weighted by Gasteiger charge is 2.19. The summed E-state index contributed by atoms with van der Waals surface area (Å²) in [4.78, 5) is 14.7. The zero-order chi connectivity index (χ0) is 18.5. The van der Waals surface area contributed by atoms with Gasteiger partial charge in [0.1, 0.15) is 0 Å². The van der Waals surface area contributed by atoms with E-state index in [1.54, 1.807) is 24.3 Å². The molecule has 0 saturated carbocycles. The third kappa shape index (κ3) is 4.54. The summed E-state index contributed by atoms with van der Waals surface area (Å²) in [6.07, 6.45) is 2.37. The van der Waals surface area contributed by atoms with Crippen molar-refractivity contribution in [2.75, 3.05) is 23.3 Å². The van der Waals surface area contributed by atoms with E-state index < -0.39 is 0 Å². The van der Waals surface area contributed by atoms with Gasteiger partial charge in [-0.25, -0.2) is 0 Å². The van der Waals surface area contributed by atoms with Gasteiger partial charge in [0.05, 0.1) is 22.0 Å². The number of nitrogens with zero attached hydrogens (tertiary/aromatic N) is 1. The van der Waals surface area contributed by atoms with E-state index >= 15 is 0 Å². The summed E-state index contributed by atoms with van der Waals surface area (Å²) >= 11 is 11.4. The van der Waals surface area contributed by atoms with Crippen LogP contribution in [0.15, 0.2) is 48.5 Å². The molecule has 2 aromatic rings. The SMILES string of the molecule is CC1CCN(c2ccccc2NC(=S)NC(=O)c2ccccc2Cl)CC1. The summed E-state index contributed by atoms with van der Waals surface area (Å²) < 4.78 is 0. The third-order valence-corrected chi connectivity index (χ3v) is 5.16. The first-order valence-corrected chi connectivity index (χ1v) is 9.54. The first kappa shape index (κ1) is 18.7. The number of hydrogen-bond acceptors (Lipinski definition) is 3. The Morgan fingerprint density at radius 2 is 1.77 bits per heavy atom. The molecule has 0 unspecified atom stereocenters. The Bertz CT molecular complexity index is 803. The van der Waals surface area contributed by atoms with E-state index in [-0.39, 0.29) is 11.0 Å². The van der Waals surface area contributed by atoms with Gasteiger partial charge in [-0.2, -0.15) is 0 Å². The smallest absolute Gasteiger partial charge is 0.258 e. The third-order valence-electron chi connectivity index (χ3n) is 4.62. The molecule has 0 aromatic heterocycles. The fourth-order valence-electron chi connectivity index (χ4n) is 3.07. The molecule has 0 radical (unpaired) electrons. The highest BCUT2D eigenvalue weighted by atomic mass is 35.5. The lowest BCUT2D eigenvalue weighted by Crippen LogP contribution is -2.36. The maximum Gasteiger partial charge on any atom is 0.258 e. The number of carbonyl (C=O) groups is 1. The van der Waals surface area contributed by atoms with Crippen LogP contribution < -0.4 is 15.5 Å². The van der Waals surface area contributed by atoms with Crippen molar-refractivity contribution in [3.63, 3.8) is 0 Å². The van der Waals surface area contributed by atoms with Crippen LogP contribution in [-0.4, -0.2) is 24.1 Å². The van der Waals surface area contributed by atoms with Gasteiger partial charge in [-0.15, -0.1) is 0 Å². The molecule has 2 aromatic carbocycles. The summed E-state index contributed by atoms with van der Waals surface area (Å²) in [7, 11) is 0. The van der Waals surface area contributed by atoms with Gasteiger partial charge in [-0.1, -0.05) is 42.8 Å². The quantitative estimate of drug-likeness (QED) is 0.749. The van der Waals surface area contributed by atoms with E-state index in [0.717, 1.165) is 30.4 Å². The highest BCUT2D eigenvalue weighted by Crippen LogP contribution is 2.29. The minimum absolute atomic E-state index is 0.257. The van der Waals surface area contributed by atoms with E-state index in [1.165, 1.54) is 12.8 Å². The second kappa shape index (κ2) is 8.52. The average molecular weight is 388 g/mol. The van der Waals surface area contributed by atoms with Crippen LogP contribution in [0.2, 0.25) is 5.02 Å². The molecule has 26 heavy (non-hydrogen) atoms. The molecule has 1 saturated heterocycles. The van der Waals surface area contributed by atoms with Crippen LogP contribution in [-0.2, 0) is 0 Å². The van der Waals surface area contributed by atoms with Crippen LogP contribution in [0.4, 0.5) is 11.4 Å². The molecule has 1 fully saturated rings. The molecule has 1 heterocycles. The Labute approximate surface area is 164 Å². The van der Waals surface area contributed by atoms with E-state index in [4.69, 9.17) is 23.8 Å². The van der Waals surface area contributed by atoms with Crippen LogP contribution >= 0.6 is 23.8 Å². The number of nitrogens with one attached hydrogen (secondary N) is 2. The molecule has 1 amide bonds. The first-order chi connectivity index (χ1) is 12.5. The highest BCUT2D eigenvalue weighted by molar-refractivity contribution is 7.80. The number of benzene rings is 2. The van der Waals surface area contributed by atoms with Gasteiger partial charge in [-0.3, -0.25) is 10.1 Å². The summed E-state index contributed by atoms with van der Waals surface area (Å²) in [5.74, 6) is 0.444. The lowest BCUT2D eigenvalue weighted by Gasteiger charge is -2.33. The van der Waals surface area contributed by atoms with Crippen molar-refractivity contribution >= 4 is 46.2 Å². The molecule has 1 aliphatic heterocycles. The second-order valence-corrected chi connectivity index (χ2v) is 7.39. The normalized spacial score (nSPS) is 14.8. The van der Waals surface area contributed by atoms with Crippen LogP contribution in [0.3, 0.4) is 0 Å². The van der Waals surface area contributed by atoms with Crippen molar-refractivity contribution in [3.05, 3.63) is 59.1 Å². The molecule has 0 aliphatic carbocycles. The number of halogens is 1. The summed E-state index contributed by atoms with van der Waals surface area (Å²) in [5, 5.41) is 6.51. The van der Waals surface area contributed by atoms with E-state index in [9.17, 15) is 4.79 Å². The Balaban J connectivity index is 1.68. The predicted molar refractivity (Wildman–Crippen MR) is 112 cm³/mol. The lowest BCUT2D eigenvalue weighted by atomic mass is 9.98. The number of amides is 1. The molecular weight excluding hydrogens is 366 g/mol. The summed E-state index contributed by atoms with van der Waals surface area (Å²) in [5.41, 5.74) is 2.40. The van der Waals surface area contributed by atoms with Crippen LogP contribution in [0.5, 0.6) is 0 Å². The van der Waals surface area contributed by atoms with Gasteiger partial charge in [-0.05, 0) is 55.2 Å². The summed E-state index contributed by atoms with van der Waals surface area (Å²) in [6, 6.07) is 14.9. The topological polar surface area (TPSA) is 44.4 Å². The van der Waals surface area contributed by atoms with E-state index in [0.29, 0.717) is 10.6 Å². The largest absolute Gasteiger partial charge is 0.370 e. The summed E-state index contributed by atoms with van der Waals surface area (Å²) in [6.45, 7) is 4.35. The van der Waals surface area contributed by atoms with Crippen molar-refractivity contribution in [1.82, 2.24) is 5.32 Å². The minimum Gasteiger partial charge on any atom is -0.370 e. The van der Waals surface area contributed by atoms with E-state index in [1.807, 2.05) is 18.2 Å². The van der Waals surface area contributed by atoms with Gasteiger partial charge >= 0.3 is 0 Å². The van der Waals surface area contributed by atoms with Crippen molar-refractivity contribution in [2.24, 2.45) is 5.92 Å². The predicted octanol–water partition coefficient (Wildman–Crippen LogP) is 4.70. The van der Waals surface area contributed by atoms with Gasteiger partial charge in [0, 0.05) is 13.1 Å². The average Bonchev–Trinajstić information content (AvgIpc) is 2.63. The molecule has 3 rings (SSSR count). The number of hydrogen-bond donors (Lipinski definition) is 2. The maximum atomic E-state index is 12.4. The molecule has 6 heteroatoms.